The highest BCUT2D eigenvalue weighted by Crippen LogP contribution is 2.31. The molecule has 192 valence electrons. The van der Waals surface area contributed by atoms with Gasteiger partial charge in [0, 0.05) is 60.6 Å². The van der Waals surface area contributed by atoms with Gasteiger partial charge in [-0.2, -0.15) is 0 Å². The second-order valence-corrected chi connectivity index (χ2v) is 12.0. The molecule has 6 rings (SSSR count). The Labute approximate surface area is 221 Å². The number of aromatic carboxylic acids is 1. The maximum Gasteiger partial charge on any atom is 0.336 e. The van der Waals surface area contributed by atoms with Crippen LogP contribution in [0.5, 0.6) is 0 Å². The van der Waals surface area contributed by atoms with E-state index in [2.05, 4.69) is 33.9 Å². The lowest BCUT2D eigenvalue weighted by molar-refractivity contribution is 0.0697. The van der Waals surface area contributed by atoms with E-state index in [1.54, 1.807) is 16.4 Å². The van der Waals surface area contributed by atoms with Gasteiger partial charge in [0.05, 0.1) is 11.8 Å². The molecule has 3 heterocycles. The smallest absolute Gasteiger partial charge is 0.336 e. The Kier molecular flexibility index (Phi) is 6.07. The molecule has 1 unspecified atom stereocenters. The number of benzene rings is 3. The number of sulfonamides is 1. The summed E-state index contributed by atoms with van der Waals surface area (Å²) in [5, 5.41) is 11.0. The molecule has 7 nitrogen and oxygen atoms in total. The molecule has 1 aromatic heterocycles. The Morgan fingerprint density at radius 3 is 2.66 bits per heavy atom. The normalized spacial score (nSPS) is 17.9. The molecule has 1 fully saturated rings. The Bertz CT molecular complexity index is 1750. The minimum absolute atomic E-state index is 0.213. The first kappa shape index (κ1) is 24.4. The van der Waals surface area contributed by atoms with Crippen LogP contribution in [0.1, 0.15) is 39.0 Å². The highest BCUT2D eigenvalue weighted by Gasteiger charge is 2.34. The summed E-state index contributed by atoms with van der Waals surface area (Å²) >= 11 is 0. The monoisotopic (exact) mass is 525 g/mol. The molecule has 1 saturated heterocycles. The average molecular weight is 526 g/mol. The predicted octanol–water partition coefficient (Wildman–Crippen LogP) is 4.28. The number of nitrogens with one attached hydrogen (secondary N) is 1. The van der Waals surface area contributed by atoms with Crippen LogP contribution in [0.2, 0.25) is 0 Å². The third-order valence-electron chi connectivity index (χ3n) is 7.54. The van der Waals surface area contributed by atoms with Crippen LogP contribution in [-0.2, 0) is 23.1 Å². The topological polar surface area (TPSA) is 93.7 Å². The lowest BCUT2D eigenvalue weighted by atomic mass is 9.93. The predicted molar refractivity (Wildman–Crippen MR) is 147 cm³/mol. The van der Waals surface area contributed by atoms with Gasteiger partial charge in [-0.15, -0.1) is 0 Å². The van der Waals surface area contributed by atoms with Gasteiger partial charge < -0.3 is 10.1 Å². The van der Waals surface area contributed by atoms with E-state index >= 15 is 0 Å². The van der Waals surface area contributed by atoms with E-state index in [-0.39, 0.29) is 11.6 Å². The van der Waals surface area contributed by atoms with Crippen molar-refractivity contribution in [1.29, 1.82) is 0 Å². The molecule has 38 heavy (non-hydrogen) atoms. The Morgan fingerprint density at radius 2 is 1.87 bits per heavy atom. The summed E-state index contributed by atoms with van der Waals surface area (Å²) in [6.45, 7) is 2.68. The zero-order chi connectivity index (χ0) is 26.4. The number of fused-ring (bicyclic) bond motifs is 2. The molecule has 3 aromatic carbocycles. The molecule has 0 amide bonds. The number of nitrogens with zero attached hydrogens (tertiary/aromatic N) is 2. The van der Waals surface area contributed by atoms with Crippen molar-refractivity contribution in [3.05, 3.63) is 94.7 Å². The highest BCUT2D eigenvalue weighted by atomic mass is 32.2. The Morgan fingerprint density at radius 1 is 1.03 bits per heavy atom. The number of carbonyl (C=O) groups is 1. The number of aromatic nitrogens is 1. The average Bonchev–Trinajstić information content (AvgIpc) is 3.65. The fraction of sp³-hybridized carbons (Fsp3) is 0.233. The molecule has 0 bridgehead atoms. The summed E-state index contributed by atoms with van der Waals surface area (Å²) < 4.78 is 25.4. The standard InChI is InChI=1S/C30H27N3O4S/c1-38(36,37)33-14-12-26(19-33)32-17-24-8-6-20(15-25(24)18-32)5-7-22-3-2-4-27(30(34)35)29(22)23-10-9-21-11-13-31-28(21)16-23/h2-4,6,8-11,13,15-16,26,31H,12,14,17-19H2,1H3,(H,34,35). The van der Waals surface area contributed by atoms with Gasteiger partial charge in [0.2, 0.25) is 10.0 Å². The maximum atomic E-state index is 12.1. The van der Waals surface area contributed by atoms with E-state index in [4.69, 9.17) is 0 Å². The number of H-pyrrole nitrogens is 1. The van der Waals surface area contributed by atoms with Gasteiger partial charge in [-0.25, -0.2) is 17.5 Å². The maximum absolute atomic E-state index is 12.1. The van der Waals surface area contributed by atoms with E-state index < -0.39 is 16.0 Å². The molecule has 2 N–H and O–H groups in total. The first-order chi connectivity index (χ1) is 18.3. The molecular weight excluding hydrogens is 498 g/mol. The van der Waals surface area contributed by atoms with Crippen molar-refractivity contribution in [3.63, 3.8) is 0 Å². The Hall–Kier alpha value is -3.90. The molecule has 0 radical (unpaired) electrons. The van der Waals surface area contributed by atoms with E-state index in [0.29, 0.717) is 24.2 Å². The summed E-state index contributed by atoms with van der Waals surface area (Å²) in [6.07, 6.45) is 3.97. The summed E-state index contributed by atoms with van der Waals surface area (Å²) in [5.41, 5.74) is 6.51. The summed E-state index contributed by atoms with van der Waals surface area (Å²) in [7, 11) is -3.16. The molecule has 1 atom stereocenters. The van der Waals surface area contributed by atoms with Crippen LogP contribution in [0, 0.1) is 11.8 Å². The van der Waals surface area contributed by atoms with Crippen molar-refractivity contribution >= 4 is 26.9 Å². The molecule has 2 aliphatic heterocycles. The summed E-state index contributed by atoms with van der Waals surface area (Å²) in [5.74, 6) is 5.50. The van der Waals surface area contributed by atoms with Crippen molar-refractivity contribution < 1.29 is 18.3 Å². The number of carboxylic acids is 1. The minimum Gasteiger partial charge on any atom is -0.478 e. The lowest BCUT2D eigenvalue weighted by Crippen LogP contribution is -2.35. The quantitative estimate of drug-likeness (QED) is 0.388. The summed E-state index contributed by atoms with van der Waals surface area (Å²) in [4.78, 5) is 17.6. The van der Waals surface area contributed by atoms with E-state index in [1.165, 1.54) is 17.4 Å². The molecule has 0 aliphatic carbocycles. The zero-order valence-corrected chi connectivity index (χ0v) is 21.8. The van der Waals surface area contributed by atoms with Gasteiger partial charge in [-0.3, -0.25) is 4.90 Å². The highest BCUT2D eigenvalue weighted by molar-refractivity contribution is 7.88. The van der Waals surface area contributed by atoms with Crippen LogP contribution in [-0.4, -0.2) is 59.1 Å². The second-order valence-electron chi connectivity index (χ2n) is 10.0. The van der Waals surface area contributed by atoms with E-state index in [0.717, 1.165) is 41.5 Å². The number of hydrogen-bond acceptors (Lipinski definition) is 4. The van der Waals surface area contributed by atoms with Crippen molar-refractivity contribution in [2.75, 3.05) is 19.3 Å². The van der Waals surface area contributed by atoms with Crippen LogP contribution < -0.4 is 0 Å². The number of rotatable bonds is 4. The second kappa shape index (κ2) is 9.44. The van der Waals surface area contributed by atoms with Crippen molar-refractivity contribution in [1.82, 2.24) is 14.2 Å². The van der Waals surface area contributed by atoms with Crippen LogP contribution in [0.15, 0.2) is 66.9 Å². The third kappa shape index (κ3) is 4.61. The van der Waals surface area contributed by atoms with Gasteiger partial charge in [-0.05, 0) is 64.9 Å². The molecule has 0 saturated carbocycles. The number of carboxylic acid groups (broad SMARTS) is 1. The van der Waals surface area contributed by atoms with Gasteiger partial charge in [0.15, 0.2) is 0 Å². The van der Waals surface area contributed by atoms with Gasteiger partial charge in [0.1, 0.15) is 0 Å². The first-order valence-corrected chi connectivity index (χ1v) is 14.4. The first-order valence-electron chi connectivity index (χ1n) is 12.5. The Balaban J connectivity index is 1.28. The van der Waals surface area contributed by atoms with Crippen LogP contribution in [0.25, 0.3) is 22.0 Å². The van der Waals surface area contributed by atoms with E-state index in [1.807, 2.05) is 42.6 Å². The van der Waals surface area contributed by atoms with Crippen LogP contribution in [0.4, 0.5) is 0 Å². The summed E-state index contributed by atoms with van der Waals surface area (Å²) in [6, 6.07) is 19.4. The van der Waals surface area contributed by atoms with Crippen molar-refractivity contribution in [2.45, 2.75) is 25.6 Å². The number of hydrogen-bond donors (Lipinski definition) is 2. The fourth-order valence-electron chi connectivity index (χ4n) is 5.56. The minimum atomic E-state index is -3.16. The molecule has 2 aliphatic rings. The van der Waals surface area contributed by atoms with Crippen LogP contribution >= 0.6 is 0 Å². The van der Waals surface area contributed by atoms with Crippen LogP contribution in [0.3, 0.4) is 0 Å². The zero-order valence-electron chi connectivity index (χ0n) is 20.9. The third-order valence-corrected chi connectivity index (χ3v) is 8.81. The van der Waals surface area contributed by atoms with Crippen molar-refractivity contribution in [3.8, 4) is 23.0 Å². The SMILES string of the molecule is CS(=O)(=O)N1CCC(N2Cc3ccc(C#Cc4cccc(C(=O)O)c4-c4ccc5cc[nH]c5c4)cc3C2)C1. The lowest BCUT2D eigenvalue weighted by Gasteiger charge is -2.23. The van der Waals surface area contributed by atoms with Gasteiger partial charge >= 0.3 is 5.97 Å². The van der Waals surface area contributed by atoms with E-state index in [9.17, 15) is 18.3 Å². The van der Waals surface area contributed by atoms with Crippen molar-refractivity contribution in [2.24, 2.45) is 0 Å². The molecule has 8 heteroatoms. The fourth-order valence-corrected chi connectivity index (χ4v) is 6.44. The van der Waals surface area contributed by atoms with Gasteiger partial charge in [-0.1, -0.05) is 36.1 Å². The molecule has 4 aromatic rings. The number of aromatic amines is 1. The van der Waals surface area contributed by atoms with Gasteiger partial charge in [0.25, 0.3) is 0 Å². The molecular formula is C30H27N3O4S. The largest absolute Gasteiger partial charge is 0.478 e. The molecule has 0 spiro atoms.